The Kier molecular flexibility index (Phi) is 9.46. The molecule has 1 spiro atoms. The molecular formula is C35H39NO11. The van der Waals surface area contributed by atoms with E-state index < -0.39 is 79.7 Å². The van der Waals surface area contributed by atoms with Crippen molar-refractivity contribution < 1.29 is 55.1 Å². The summed E-state index contributed by atoms with van der Waals surface area (Å²) in [7, 11) is 0. The van der Waals surface area contributed by atoms with Crippen molar-refractivity contribution in [1.29, 1.82) is 0 Å². The molecule has 6 rings (SSSR count). The third-order valence-corrected chi connectivity index (χ3v) is 9.92. The Balaban J connectivity index is 1.34. The number of ether oxygens (including phenoxy) is 2. The first-order valence-electron chi connectivity index (χ1n) is 15.7. The van der Waals surface area contributed by atoms with Crippen LogP contribution in [0, 0.1) is 23.7 Å². The minimum Gasteiger partial charge on any atom is -0.394 e. The molecule has 250 valence electrons. The van der Waals surface area contributed by atoms with Crippen molar-refractivity contribution in [3.05, 3.63) is 58.7 Å². The third-order valence-electron chi connectivity index (χ3n) is 9.92. The van der Waals surface area contributed by atoms with Gasteiger partial charge in [0.25, 0.3) is 0 Å². The van der Waals surface area contributed by atoms with Crippen molar-refractivity contribution >= 4 is 5.91 Å². The van der Waals surface area contributed by atoms with Gasteiger partial charge in [0.15, 0.2) is 0 Å². The fourth-order valence-electron chi connectivity index (χ4n) is 7.14. The van der Waals surface area contributed by atoms with Crippen molar-refractivity contribution in [2.75, 3.05) is 26.3 Å². The number of amides is 1. The first-order chi connectivity index (χ1) is 22.5. The molecule has 0 aromatic heterocycles. The Bertz CT molecular complexity index is 1520. The summed E-state index contributed by atoms with van der Waals surface area (Å²) in [6.07, 6.45) is -12.0. The highest BCUT2D eigenvalue weighted by Crippen LogP contribution is 2.54. The molecule has 12 heteroatoms. The number of nitrogens with zero attached hydrogens (tertiary/aromatic N) is 1. The zero-order valence-electron chi connectivity index (χ0n) is 25.7. The summed E-state index contributed by atoms with van der Waals surface area (Å²) in [4.78, 5) is 14.0. The molecule has 4 aliphatic rings. The van der Waals surface area contributed by atoms with Gasteiger partial charge in [-0.25, -0.2) is 0 Å². The smallest absolute Gasteiger partial charge is 0.219 e. The molecule has 3 saturated heterocycles. The molecular weight excluding hydrogens is 610 g/mol. The van der Waals surface area contributed by atoms with Gasteiger partial charge >= 0.3 is 0 Å². The topological polar surface area (TPSA) is 201 Å². The van der Waals surface area contributed by atoms with Gasteiger partial charge in [-0.2, -0.15) is 0 Å². The van der Waals surface area contributed by atoms with Gasteiger partial charge in [-0.1, -0.05) is 35.8 Å². The molecule has 2 aromatic carbocycles. The maximum Gasteiger partial charge on any atom is 0.219 e. The first kappa shape index (κ1) is 33.5. The summed E-state index contributed by atoms with van der Waals surface area (Å²) in [6.45, 7) is 1.53. The van der Waals surface area contributed by atoms with Gasteiger partial charge in [0.05, 0.1) is 13.2 Å². The predicted molar refractivity (Wildman–Crippen MR) is 165 cm³/mol. The van der Waals surface area contributed by atoms with E-state index in [4.69, 9.17) is 9.47 Å². The lowest BCUT2D eigenvalue weighted by Crippen LogP contribution is -2.58. The fraction of sp³-hybridized carbons (Fsp3) is 0.514. The van der Waals surface area contributed by atoms with E-state index in [-0.39, 0.29) is 5.91 Å². The molecule has 0 saturated carbocycles. The van der Waals surface area contributed by atoms with Crippen LogP contribution in [0.1, 0.15) is 42.0 Å². The zero-order chi connectivity index (χ0) is 33.6. The molecule has 47 heavy (non-hydrogen) atoms. The van der Waals surface area contributed by atoms with Gasteiger partial charge in [-0.3, -0.25) is 4.79 Å². The number of rotatable bonds is 2. The summed E-state index contributed by atoms with van der Waals surface area (Å²) in [6, 6.07) is 11.6. The number of piperidine rings is 1. The van der Waals surface area contributed by atoms with Gasteiger partial charge in [0.1, 0.15) is 61.0 Å². The highest BCUT2D eigenvalue weighted by atomic mass is 16.5. The third kappa shape index (κ3) is 5.96. The SMILES string of the molecule is CC(=O)N1CCC2(CC1)c1cc(C#CC3O[C@H](CO)[C@@H](O)[C@H](O)[C@@H]3O)ccc1-c1ccc(C#CC3O[C@H](CO)[C@@H](O)[C@H](O)[C@@H]3O)cc12. The summed E-state index contributed by atoms with van der Waals surface area (Å²) in [5, 5.41) is 80.4. The quantitative estimate of drug-likeness (QED) is 0.167. The second-order valence-corrected chi connectivity index (χ2v) is 12.6. The number of aliphatic hydroxyl groups excluding tert-OH is 8. The molecule has 0 bridgehead atoms. The maximum atomic E-state index is 12.2. The average molecular weight is 650 g/mol. The monoisotopic (exact) mass is 649 g/mol. The molecule has 2 aromatic rings. The van der Waals surface area contributed by atoms with Crippen LogP contribution in [0.3, 0.4) is 0 Å². The number of aliphatic hydroxyl groups is 8. The van der Waals surface area contributed by atoms with Crippen LogP contribution < -0.4 is 0 Å². The van der Waals surface area contributed by atoms with E-state index in [0.717, 1.165) is 22.3 Å². The van der Waals surface area contributed by atoms with Crippen molar-refractivity contribution in [2.45, 2.75) is 86.2 Å². The van der Waals surface area contributed by atoms with Crippen molar-refractivity contribution in [2.24, 2.45) is 0 Å². The molecule has 10 atom stereocenters. The lowest BCUT2D eigenvalue weighted by atomic mass is 9.70. The number of fused-ring (bicyclic) bond motifs is 5. The van der Waals surface area contributed by atoms with E-state index in [2.05, 4.69) is 23.7 Å². The number of hydrogen-bond donors (Lipinski definition) is 8. The number of carbonyl (C=O) groups is 1. The van der Waals surface area contributed by atoms with Crippen LogP contribution in [0.25, 0.3) is 11.1 Å². The summed E-state index contributed by atoms with van der Waals surface area (Å²) >= 11 is 0. The second kappa shape index (κ2) is 13.3. The Morgan fingerprint density at radius 3 is 1.53 bits per heavy atom. The Morgan fingerprint density at radius 1 is 0.723 bits per heavy atom. The van der Waals surface area contributed by atoms with Crippen LogP contribution in [0.2, 0.25) is 0 Å². The fourth-order valence-corrected chi connectivity index (χ4v) is 7.14. The Labute approximate surface area is 271 Å². The normalized spacial score (nSPS) is 34.0. The average Bonchev–Trinajstić information content (AvgIpc) is 3.33. The van der Waals surface area contributed by atoms with Crippen molar-refractivity contribution in [3.63, 3.8) is 0 Å². The molecule has 2 unspecified atom stereocenters. The highest BCUT2D eigenvalue weighted by Gasteiger charge is 2.47. The minimum atomic E-state index is -1.53. The minimum absolute atomic E-state index is 0.00316. The number of carbonyl (C=O) groups excluding carboxylic acids is 1. The molecule has 3 heterocycles. The van der Waals surface area contributed by atoms with Gasteiger partial charge in [-0.05, 0) is 59.4 Å². The van der Waals surface area contributed by atoms with Crippen LogP contribution in [-0.2, 0) is 19.7 Å². The van der Waals surface area contributed by atoms with E-state index in [1.54, 1.807) is 6.92 Å². The molecule has 0 radical (unpaired) electrons. The summed E-state index contributed by atoms with van der Waals surface area (Å²) < 4.78 is 11.1. The lowest BCUT2D eigenvalue weighted by molar-refractivity contribution is -0.214. The standard InChI is InChI=1S/C35H39NO11/c1-18(39)36-12-10-35(11-13-36)23-14-19(4-8-25-29(40)33(44)31(42)27(16-37)46-25)2-6-21(23)22-7-3-20(15-24(22)35)5-9-26-30(41)34(45)32(43)28(17-38)47-26/h2-3,6-7,14-15,25-34,37-38,40-45H,10-13,16-17H2,1H3/t25?,26?,27-,28-,29-,30-,31-,32-,33-,34-/m1/s1. The Morgan fingerprint density at radius 2 is 1.15 bits per heavy atom. The van der Waals surface area contributed by atoms with E-state index in [9.17, 15) is 45.6 Å². The number of likely N-dealkylation sites (tertiary alicyclic amines) is 1. The molecule has 12 nitrogen and oxygen atoms in total. The molecule has 3 fully saturated rings. The largest absolute Gasteiger partial charge is 0.394 e. The van der Waals surface area contributed by atoms with Gasteiger partial charge in [0, 0.05) is 36.6 Å². The van der Waals surface area contributed by atoms with E-state index in [1.165, 1.54) is 0 Å². The summed E-state index contributed by atoms with van der Waals surface area (Å²) in [5.41, 5.74) is 4.84. The van der Waals surface area contributed by atoms with Crippen LogP contribution in [0.5, 0.6) is 0 Å². The zero-order valence-corrected chi connectivity index (χ0v) is 25.7. The van der Waals surface area contributed by atoms with Crippen molar-refractivity contribution in [1.82, 2.24) is 4.90 Å². The number of hydrogen-bond acceptors (Lipinski definition) is 11. The molecule has 8 N–H and O–H groups in total. The Hall–Kier alpha value is -3.37. The molecule has 1 amide bonds. The maximum absolute atomic E-state index is 12.2. The predicted octanol–water partition coefficient (Wildman–Crippen LogP) is -2.02. The van der Waals surface area contributed by atoms with Crippen molar-refractivity contribution in [3.8, 4) is 34.8 Å². The molecule has 1 aliphatic carbocycles. The first-order valence-corrected chi connectivity index (χ1v) is 15.7. The van der Waals surface area contributed by atoms with Crippen LogP contribution >= 0.6 is 0 Å². The van der Waals surface area contributed by atoms with E-state index in [1.807, 2.05) is 41.3 Å². The number of benzene rings is 2. The van der Waals surface area contributed by atoms with Gasteiger partial charge in [0.2, 0.25) is 5.91 Å². The van der Waals surface area contributed by atoms with Gasteiger partial charge in [-0.15, -0.1) is 0 Å². The highest BCUT2D eigenvalue weighted by molar-refractivity contribution is 5.83. The summed E-state index contributed by atoms with van der Waals surface area (Å²) in [5.74, 6) is 11.7. The van der Waals surface area contributed by atoms with E-state index >= 15 is 0 Å². The van der Waals surface area contributed by atoms with Crippen LogP contribution in [0.4, 0.5) is 0 Å². The molecule has 3 aliphatic heterocycles. The lowest BCUT2D eigenvalue weighted by Gasteiger charge is -2.40. The van der Waals surface area contributed by atoms with E-state index in [0.29, 0.717) is 37.1 Å². The van der Waals surface area contributed by atoms with Gasteiger partial charge < -0.3 is 55.2 Å². The second-order valence-electron chi connectivity index (χ2n) is 12.6. The van der Waals surface area contributed by atoms with Crippen LogP contribution in [0.15, 0.2) is 36.4 Å². The van der Waals surface area contributed by atoms with Crippen LogP contribution in [-0.4, -0.2) is 139 Å².